The fourth-order valence-corrected chi connectivity index (χ4v) is 1.70. The van der Waals surface area contributed by atoms with Gasteiger partial charge < -0.3 is 19.9 Å². The molecule has 0 amide bonds. The van der Waals surface area contributed by atoms with Crippen molar-refractivity contribution in [2.24, 2.45) is 5.92 Å². The molecule has 0 saturated carbocycles. The molecule has 0 bridgehead atoms. The first-order valence-corrected chi connectivity index (χ1v) is 6.79. The molecule has 0 aliphatic heterocycles. The molecule has 1 aromatic rings. The third-order valence-corrected chi connectivity index (χ3v) is 2.67. The van der Waals surface area contributed by atoms with E-state index < -0.39 is 0 Å². The summed E-state index contributed by atoms with van der Waals surface area (Å²) < 4.78 is 11.2. The summed E-state index contributed by atoms with van der Waals surface area (Å²) in [4.78, 5) is 0. The molecule has 1 aromatic carbocycles. The van der Waals surface area contributed by atoms with Crippen LogP contribution in [0.3, 0.4) is 0 Å². The van der Waals surface area contributed by atoms with Crippen LogP contribution in [-0.4, -0.2) is 32.0 Å². The molecular weight excluding hydrogens is 242 g/mol. The molecule has 0 atom stereocenters. The fraction of sp³-hybridized carbons (Fsp3) is 0.600. The average Bonchev–Trinajstić information content (AvgIpc) is 2.41. The number of rotatable bonds is 9. The molecular formula is C15H25NO3. The van der Waals surface area contributed by atoms with Gasteiger partial charge in [-0.25, -0.2) is 0 Å². The van der Waals surface area contributed by atoms with Gasteiger partial charge in [0.1, 0.15) is 0 Å². The van der Waals surface area contributed by atoms with Gasteiger partial charge in [0, 0.05) is 18.7 Å². The minimum absolute atomic E-state index is 0.210. The maximum atomic E-state index is 8.76. The SMILES string of the molecule is COc1cccc(CNCCCO)c1OCC(C)C. The van der Waals surface area contributed by atoms with E-state index in [4.69, 9.17) is 14.6 Å². The van der Waals surface area contributed by atoms with Crippen LogP contribution < -0.4 is 14.8 Å². The van der Waals surface area contributed by atoms with Crippen molar-refractivity contribution in [2.75, 3.05) is 26.9 Å². The van der Waals surface area contributed by atoms with Crippen molar-refractivity contribution in [3.8, 4) is 11.5 Å². The summed E-state index contributed by atoms with van der Waals surface area (Å²) in [6.07, 6.45) is 0.756. The first-order chi connectivity index (χ1) is 9.19. The van der Waals surface area contributed by atoms with Gasteiger partial charge in [-0.05, 0) is 24.9 Å². The second-order valence-corrected chi connectivity index (χ2v) is 4.91. The molecule has 0 fully saturated rings. The van der Waals surface area contributed by atoms with Crippen LogP contribution >= 0.6 is 0 Å². The van der Waals surface area contributed by atoms with Crippen molar-refractivity contribution in [1.29, 1.82) is 0 Å². The van der Waals surface area contributed by atoms with Crippen LogP contribution in [0.2, 0.25) is 0 Å². The molecule has 1 rings (SSSR count). The van der Waals surface area contributed by atoms with Gasteiger partial charge in [-0.3, -0.25) is 0 Å². The van der Waals surface area contributed by atoms with Gasteiger partial charge in [0.2, 0.25) is 0 Å². The van der Waals surface area contributed by atoms with Crippen molar-refractivity contribution in [1.82, 2.24) is 5.32 Å². The summed E-state index contributed by atoms with van der Waals surface area (Å²) in [5, 5.41) is 12.0. The highest BCUT2D eigenvalue weighted by atomic mass is 16.5. The first kappa shape index (κ1) is 15.8. The molecule has 0 saturated heterocycles. The van der Waals surface area contributed by atoms with Gasteiger partial charge in [0.25, 0.3) is 0 Å². The molecule has 0 spiro atoms. The summed E-state index contributed by atoms with van der Waals surface area (Å²) in [6.45, 7) is 6.62. The zero-order valence-electron chi connectivity index (χ0n) is 12.1. The lowest BCUT2D eigenvalue weighted by Crippen LogP contribution is -2.17. The fourth-order valence-electron chi connectivity index (χ4n) is 1.70. The molecule has 108 valence electrons. The van der Waals surface area contributed by atoms with E-state index in [0.29, 0.717) is 19.1 Å². The molecule has 4 heteroatoms. The van der Waals surface area contributed by atoms with E-state index in [1.54, 1.807) is 7.11 Å². The number of benzene rings is 1. The van der Waals surface area contributed by atoms with E-state index in [-0.39, 0.29) is 6.61 Å². The van der Waals surface area contributed by atoms with Gasteiger partial charge in [-0.1, -0.05) is 26.0 Å². The van der Waals surface area contributed by atoms with E-state index in [2.05, 4.69) is 19.2 Å². The Bertz CT molecular complexity index is 366. The predicted molar refractivity (Wildman–Crippen MR) is 76.7 cm³/mol. The maximum absolute atomic E-state index is 8.76. The summed E-state index contributed by atoms with van der Waals surface area (Å²) in [6, 6.07) is 5.90. The Kier molecular flexibility index (Phi) is 7.30. The minimum atomic E-state index is 0.210. The molecule has 0 aromatic heterocycles. The monoisotopic (exact) mass is 267 g/mol. The third kappa shape index (κ3) is 5.49. The van der Waals surface area contributed by atoms with Gasteiger partial charge in [-0.2, -0.15) is 0 Å². The van der Waals surface area contributed by atoms with Crippen molar-refractivity contribution < 1.29 is 14.6 Å². The number of methoxy groups -OCH3 is 1. The van der Waals surface area contributed by atoms with Crippen molar-refractivity contribution >= 4 is 0 Å². The Labute approximate surface area is 115 Å². The van der Waals surface area contributed by atoms with Crippen molar-refractivity contribution in [2.45, 2.75) is 26.8 Å². The standard InChI is InChI=1S/C15H25NO3/c1-12(2)11-19-15-13(10-16-8-5-9-17)6-4-7-14(15)18-3/h4,6-7,12,16-17H,5,8-11H2,1-3H3. The minimum Gasteiger partial charge on any atom is -0.493 e. The van der Waals surface area contributed by atoms with Crippen LogP contribution in [0, 0.1) is 5.92 Å². The van der Waals surface area contributed by atoms with Gasteiger partial charge in [0.15, 0.2) is 11.5 Å². The lowest BCUT2D eigenvalue weighted by molar-refractivity contribution is 0.253. The summed E-state index contributed by atoms with van der Waals surface area (Å²) in [7, 11) is 1.65. The topological polar surface area (TPSA) is 50.7 Å². The second-order valence-electron chi connectivity index (χ2n) is 4.91. The van der Waals surface area contributed by atoms with Crippen LogP contribution in [0.1, 0.15) is 25.8 Å². The molecule has 0 unspecified atom stereocenters. The number of aliphatic hydroxyl groups is 1. The van der Waals surface area contributed by atoms with E-state index in [9.17, 15) is 0 Å². The lowest BCUT2D eigenvalue weighted by atomic mass is 10.1. The van der Waals surface area contributed by atoms with Crippen LogP contribution in [0.25, 0.3) is 0 Å². The molecule has 0 aliphatic rings. The predicted octanol–water partition coefficient (Wildman–Crippen LogP) is 2.20. The highest BCUT2D eigenvalue weighted by molar-refractivity contribution is 5.46. The third-order valence-electron chi connectivity index (χ3n) is 2.67. The summed E-state index contributed by atoms with van der Waals surface area (Å²) in [5.74, 6) is 2.05. The van der Waals surface area contributed by atoms with Gasteiger partial charge >= 0.3 is 0 Å². The van der Waals surface area contributed by atoms with Gasteiger partial charge in [0.05, 0.1) is 13.7 Å². The number of ether oxygens (including phenoxy) is 2. The Hall–Kier alpha value is -1.26. The Morgan fingerprint density at radius 1 is 1.32 bits per heavy atom. The van der Waals surface area contributed by atoms with E-state index >= 15 is 0 Å². The Balaban J connectivity index is 2.71. The average molecular weight is 267 g/mol. The summed E-state index contributed by atoms with van der Waals surface area (Å²) in [5.41, 5.74) is 1.08. The number of nitrogens with one attached hydrogen (secondary N) is 1. The maximum Gasteiger partial charge on any atom is 0.165 e. The number of para-hydroxylation sites is 1. The van der Waals surface area contributed by atoms with Crippen LogP contribution in [-0.2, 0) is 6.54 Å². The lowest BCUT2D eigenvalue weighted by Gasteiger charge is -2.16. The smallest absolute Gasteiger partial charge is 0.165 e. The van der Waals surface area contributed by atoms with Crippen LogP contribution in [0.15, 0.2) is 18.2 Å². The molecule has 2 N–H and O–H groups in total. The highest BCUT2D eigenvalue weighted by Gasteiger charge is 2.10. The number of hydrogen-bond acceptors (Lipinski definition) is 4. The zero-order chi connectivity index (χ0) is 14.1. The Morgan fingerprint density at radius 3 is 2.74 bits per heavy atom. The highest BCUT2D eigenvalue weighted by Crippen LogP contribution is 2.31. The molecule has 19 heavy (non-hydrogen) atoms. The second kappa shape index (κ2) is 8.77. The largest absolute Gasteiger partial charge is 0.493 e. The quantitative estimate of drug-likeness (QED) is 0.674. The Morgan fingerprint density at radius 2 is 2.11 bits per heavy atom. The first-order valence-electron chi connectivity index (χ1n) is 6.79. The van der Waals surface area contributed by atoms with E-state index in [1.807, 2.05) is 18.2 Å². The molecule has 0 radical (unpaired) electrons. The van der Waals surface area contributed by atoms with Crippen LogP contribution in [0.4, 0.5) is 0 Å². The number of hydrogen-bond donors (Lipinski definition) is 2. The van der Waals surface area contributed by atoms with Crippen molar-refractivity contribution in [3.63, 3.8) is 0 Å². The van der Waals surface area contributed by atoms with Crippen LogP contribution in [0.5, 0.6) is 11.5 Å². The zero-order valence-corrected chi connectivity index (χ0v) is 12.1. The van der Waals surface area contributed by atoms with E-state index in [0.717, 1.165) is 30.0 Å². The molecule has 0 aliphatic carbocycles. The normalized spacial score (nSPS) is 10.8. The molecule has 0 heterocycles. The number of aliphatic hydroxyl groups excluding tert-OH is 1. The summed E-state index contributed by atoms with van der Waals surface area (Å²) >= 11 is 0. The van der Waals surface area contributed by atoms with Gasteiger partial charge in [-0.15, -0.1) is 0 Å². The van der Waals surface area contributed by atoms with E-state index in [1.165, 1.54) is 0 Å². The molecule has 4 nitrogen and oxygen atoms in total. The van der Waals surface area contributed by atoms with Crippen molar-refractivity contribution in [3.05, 3.63) is 23.8 Å².